The van der Waals surface area contributed by atoms with Gasteiger partial charge in [0.15, 0.2) is 6.10 Å². The third-order valence-electron chi connectivity index (χ3n) is 3.19. The predicted molar refractivity (Wildman–Crippen MR) is 82.9 cm³/mol. The summed E-state index contributed by atoms with van der Waals surface area (Å²) in [7, 11) is 3.54. The smallest absolute Gasteiger partial charge is 0.266 e. The number of ether oxygens (including phenoxy) is 1. The summed E-state index contributed by atoms with van der Waals surface area (Å²) in [6.07, 6.45) is -0.727. The van der Waals surface area contributed by atoms with E-state index < -0.39 is 6.10 Å². The van der Waals surface area contributed by atoms with Crippen molar-refractivity contribution in [3.05, 3.63) is 24.3 Å². The van der Waals surface area contributed by atoms with Gasteiger partial charge in [-0.3, -0.25) is 9.59 Å². The van der Waals surface area contributed by atoms with Crippen LogP contribution in [0.5, 0.6) is 5.75 Å². The highest BCUT2D eigenvalue weighted by Crippen LogP contribution is 2.29. The lowest BCUT2D eigenvalue weighted by molar-refractivity contribution is -0.136. The van der Waals surface area contributed by atoms with Crippen LogP contribution in [-0.2, 0) is 9.59 Å². The molecule has 1 aliphatic rings. The van der Waals surface area contributed by atoms with E-state index in [1.54, 1.807) is 24.1 Å². The van der Waals surface area contributed by atoms with Crippen molar-refractivity contribution < 1.29 is 14.3 Å². The molecule has 2 N–H and O–H groups in total. The maximum atomic E-state index is 12.0. The molecule has 7 heteroatoms. The first-order valence-corrected chi connectivity index (χ1v) is 6.57. The molecular weight excluding hydrogens is 294 g/mol. The Morgan fingerprint density at radius 1 is 1.43 bits per heavy atom. The van der Waals surface area contributed by atoms with Crippen LogP contribution in [-0.4, -0.2) is 50.0 Å². The highest BCUT2D eigenvalue weighted by Gasteiger charge is 2.30. The molecule has 1 aromatic carbocycles. The first kappa shape index (κ1) is 17.3. The number of nitrogens with zero attached hydrogens (tertiary/aromatic N) is 1. The van der Waals surface area contributed by atoms with Gasteiger partial charge in [-0.2, -0.15) is 0 Å². The van der Waals surface area contributed by atoms with Crippen LogP contribution in [0, 0.1) is 0 Å². The normalized spacial score (nSPS) is 16.1. The van der Waals surface area contributed by atoms with Gasteiger partial charge >= 0.3 is 0 Å². The predicted octanol–water partition coefficient (Wildman–Crippen LogP) is 0.876. The molecule has 1 aliphatic heterocycles. The molecule has 0 spiro atoms. The molecule has 1 atom stereocenters. The number of amides is 2. The van der Waals surface area contributed by atoms with Gasteiger partial charge in [0.2, 0.25) is 5.91 Å². The Hall–Kier alpha value is -1.79. The molecule has 21 heavy (non-hydrogen) atoms. The quantitative estimate of drug-likeness (QED) is 0.846. The average Bonchev–Trinajstić information content (AvgIpc) is 2.45. The van der Waals surface area contributed by atoms with Crippen molar-refractivity contribution >= 4 is 29.9 Å². The van der Waals surface area contributed by atoms with Crippen LogP contribution < -0.4 is 15.4 Å². The number of hydrogen-bond donors (Lipinski definition) is 2. The molecule has 1 unspecified atom stereocenters. The van der Waals surface area contributed by atoms with Crippen LogP contribution in [0.15, 0.2) is 24.3 Å². The van der Waals surface area contributed by atoms with E-state index in [0.717, 1.165) is 0 Å². The largest absolute Gasteiger partial charge is 0.478 e. The number of benzene rings is 1. The maximum absolute atomic E-state index is 12.0. The van der Waals surface area contributed by atoms with Crippen LogP contribution in [0.3, 0.4) is 0 Å². The van der Waals surface area contributed by atoms with Gasteiger partial charge in [0.25, 0.3) is 5.91 Å². The minimum atomic E-state index is -0.769. The minimum Gasteiger partial charge on any atom is -0.478 e. The van der Waals surface area contributed by atoms with Crippen LogP contribution >= 0.6 is 12.4 Å². The number of rotatable bonds is 5. The number of carbonyl (C=O) groups excluding carboxylic acids is 2. The van der Waals surface area contributed by atoms with E-state index in [1.165, 1.54) is 0 Å². The third-order valence-corrected chi connectivity index (χ3v) is 3.19. The SMILES string of the molecule is CNCCN(C)C(=O)CC1Oc2ccccc2NC1=O.Cl. The number of likely N-dealkylation sites (N-methyl/N-ethyl adjacent to an activating group) is 2. The molecule has 2 amide bonds. The van der Waals surface area contributed by atoms with Crippen LogP contribution in [0.4, 0.5) is 5.69 Å². The van der Waals surface area contributed by atoms with Crippen molar-refractivity contribution in [1.82, 2.24) is 10.2 Å². The Morgan fingerprint density at radius 2 is 2.14 bits per heavy atom. The van der Waals surface area contributed by atoms with E-state index in [9.17, 15) is 9.59 Å². The lowest BCUT2D eigenvalue weighted by atomic mass is 10.1. The molecular formula is C14H20ClN3O3. The number of carbonyl (C=O) groups is 2. The average molecular weight is 314 g/mol. The fraction of sp³-hybridized carbons (Fsp3) is 0.429. The number of nitrogens with one attached hydrogen (secondary N) is 2. The first-order valence-electron chi connectivity index (χ1n) is 6.57. The third kappa shape index (κ3) is 4.34. The van der Waals surface area contributed by atoms with E-state index in [1.807, 2.05) is 19.2 Å². The van der Waals surface area contributed by atoms with E-state index in [2.05, 4.69) is 10.6 Å². The van der Waals surface area contributed by atoms with Gasteiger partial charge in [-0.1, -0.05) is 12.1 Å². The number of fused-ring (bicyclic) bond motifs is 1. The van der Waals surface area contributed by atoms with Crippen molar-refractivity contribution in [2.75, 3.05) is 32.5 Å². The van der Waals surface area contributed by atoms with E-state index in [-0.39, 0.29) is 30.6 Å². The molecule has 0 aromatic heterocycles. The molecule has 1 heterocycles. The van der Waals surface area contributed by atoms with Gasteiger partial charge in [-0.05, 0) is 19.2 Å². The fourth-order valence-corrected chi connectivity index (χ4v) is 1.95. The molecule has 1 aromatic rings. The summed E-state index contributed by atoms with van der Waals surface area (Å²) in [5, 5.41) is 5.72. The highest BCUT2D eigenvalue weighted by molar-refractivity contribution is 5.99. The Bertz CT molecular complexity index is 510. The molecule has 0 radical (unpaired) electrons. The second-order valence-corrected chi connectivity index (χ2v) is 4.71. The molecule has 0 saturated heterocycles. The Morgan fingerprint density at radius 3 is 2.86 bits per heavy atom. The van der Waals surface area contributed by atoms with Crippen LogP contribution in [0.1, 0.15) is 6.42 Å². The Labute approximate surface area is 130 Å². The van der Waals surface area contributed by atoms with Crippen molar-refractivity contribution in [3.63, 3.8) is 0 Å². The van der Waals surface area contributed by atoms with Gasteiger partial charge in [0, 0.05) is 20.1 Å². The highest BCUT2D eigenvalue weighted by atomic mass is 35.5. The first-order chi connectivity index (χ1) is 9.61. The second-order valence-electron chi connectivity index (χ2n) is 4.71. The fourth-order valence-electron chi connectivity index (χ4n) is 1.95. The Balaban J connectivity index is 0.00000220. The van der Waals surface area contributed by atoms with Crippen molar-refractivity contribution in [2.24, 2.45) is 0 Å². The second kappa shape index (κ2) is 7.85. The van der Waals surface area contributed by atoms with Crippen LogP contribution in [0.2, 0.25) is 0 Å². The van der Waals surface area contributed by atoms with Gasteiger partial charge in [-0.25, -0.2) is 0 Å². The van der Waals surface area contributed by atoms with Crippen molar-refractivity contribution in [3.8, 4) is 5.75 Å². The van der Waals surface area contributed by atoms with Gasteiger partial charge in [0.05, 0.1) is 12.1 Å². The summed E-state index contributed by atoms with van der Waals surface area (Å²) < 4.78 is 5.59. The van der Waals surface area contributed by atoms with Gasteiger partial charge in [0.1, 0.15) is 5.75 Å². The summed E-state index contributed by atoms with van der Waals surface area (Å²) in [6.45, 7) is 1.31. The van der Waals surface area contributed by atoms with Gasteiger partial charge in [-0.15, -0.1) is 12.4 Å². The monoisotopic (exact) mass is 313 g/mol. The summed E-state index contributed by atoms with van der Waals surface area (Å²) in [4.78, 5) is 25.5. The molecule has 116 valence electrons. The van der Waals surface area contributed by atoms with Crippen LogP contribution in [0.25, 0.3) is 0 Å². The van der Waals surface area contributed by atoms with Crippen molar-refractivity contribution in [2.45, 2.75) is 12.5 Å². The van der Waals surface area contributed by atoms with E-state index >= 15 is 0 Å². The van der Waals surface area contributed by atoms with E-state index in [0.29, 0.717) is 24.5 Å². The molecule has 6 nitrogen and oxygen atoms in total. The zero-order valence-electron chi connectivity index (χ0n) is 12.1. The maximum Gasteiger partial charge on any atom is 0.266 e. The molecule has 0 fully saturated rings. The summed E-state index contributed by atoms with van der Waals surface area (Å²) in [5.74, 6) is 0.210. The number of hydrogen-bond acceptors (Lipinski definition) is 4. The lowest BCUT2D eigenvalue weighted by Crippen LogP contribution is -2.42. The molecule has 2 rings (SSSR count). The van der Waals surface area contributed by atoms with E-state index in [4.69, 9.17) is 4.74 Å². The topological polar surface area (TPSA) is 70.7 Å². The molecule has 0 bridgehead atoms. The summed E-state index contributed by atoms with van der Waals surface area (Å²) >= 11 is 0. The number of anilines is 1. The summed E-state index contributed by atoms with van der Waals surface area (Å²) in [6, 6.07) is 7.19. The minimum absolute atomic E-state index is 0. The molecule has 0 saturated carbocycles. The Kier molecular flexibility index (Phi) is 6.45. The van der Waals surface area contributed by atoms with Gasteiger partial charge < -0.3 is 20.3 Å². The molecule has 0 aliphatic carbocycles. The summed E-state index contributed by atoms with van der Waals surface area (Å²) in [5.41, 5.74) is 0.643. The number of para-hydroxylation sites is 2. The standard InChI is InChI=1S/C14H19N3O3.ClH/c1-15-7-8-17(2)13(18)9-12-14(19)16-10-5-3-4-6-11(10)20-12;/h3-6,12,15H,7-9H2,1-2H3,(H,16,19);1H. The van der Waals surface area contributed by atoms with Crippen molar-refractivity contribution in [1.29, 1.82) is 0 Å². The zero-order valence-corrected chi connectivity index (χ0v) is 12.9. The zero-order chi connectivity index (χ0) is 14.5. The lowest BCUT2D eigenvalue weighted by Gasteiger charge is -2.27. The number of halogens is 1.